The van der Waals surface area contributed by atoms with E-state index in [4.69, 9.17) is 9.47 Å². The minimum absolute atomic E-state index is 0.101. The number of carbonyl (C=O) groups is 2. The van der Waals surface area contributed by atoms with E-state index in [9.17, 15) is 9.59 Å². The molecule has 0 heterocycles. The first-order valence-corrected chi connectivity index (χ1v) is 27.0. The van der Waals surface area contributed by atoms with Gasteiger partial charge in [-0.05, 0) is 25.7 Å². The van der Waals surface area contributed by atoms with Gasteiger partial charge in [0.15, 0.2) is 0 Å². The number of ether oxygens (including phenoxy) is 2. The fraction of sp³-hybridized carbons (Fsp3) is 0.962. The largest absolute Gasteiger partial charge is 0.465 e. The molecule has 0 fully saturated rings. The van der Waals surface area contributed by atoms with Crippen LogP contribution >= 0.6 is 11.8 Å². The standard InChI is InChI=1S/C52H102O4S/c1-5-9-13-17-21-23-25-27-29-31-33-35-39-43-47-55-51(53)49(45-41-37-19-15-11-7-3)57-50(46-42-38-20-16-12-8-4)52(54)56-48-44-40-36-34-32-30-28-26-24-22-18-14-10-6-2/h49-50H,5-48H2,1-4H3. The average molecular weight is 823 g/mol. The Balaban J connectivity index is 4.71. The molecular weight excluding hydrogens is 721 g/mol. The molecule has 0 aromatic carbocycles. The zero-order valence-corrected chi connectivity index (χ0v) is 40.1. The van der Waals surface area contributed by atoms with Crippen LogP contribution in [0.5, 0.6) is 0 Å². The summed E-state index contributed by atoms with van der Waals surface area (Å²) >= 11 is 1.57. The molecule has 2 unspecified atom stereocenters. The van der Waals surface area contributed by atoms with Crippen molar-refractivity contribution in [3.63, 3.8) is 0 Å². The van der Waals surface area contributed by atoms with E-state index in [1.807, 2.05) is 0 Å². The van der Waals surface area contributed by atoms with Crippen molar-refractivity contribution in [1.29, 1.82) is 0 Å². The number of hydrogen-bond donors (Lipinski definition) is 0. The first kappa shape index (κ1) is 56.3. The molecule has 0 aliphatic carbocycles. The van der Waals surface area contributed by atoms with Crippen LogP contribution in [-0.2, 0) is 19.1 Å². The van der Waals surface area contributed by atoms with Gasteiger partial charge in [0.2, 0.25) is 0 Å². The van der Waals surface area contributed by atoms with Crippen molar-refractivity contribution < 1.29 is 19.1 Å². The highest BCUT2D eigenvalue weighted by molar-refractivity contribution is 8.01. The molecule has 0 spiro atoms. The third kappa shape index (κ3) is 41.8. The lowest BCUT2D eigenvalue weighted by Gasteiger charge is -2.22. The lowest BCUT2D eigenvalue weighted by atomic mass is 10.0. The molecule has 2 atom stereocenters. The van der Waals surface area contributed by atoms with E-state index in [1.165, 1.54) is 205 Å². The van der Waals surface area contributed by atoms with Gasteiger partial charge in [-0.3, -0.25) is 9.59 Å². The van der Waals surface area contributed by atoms with Crippen LogP contribution in [0.15, 0.2) is 0 Å². The van der Waals surface area contributed by atoms with Crippen LogP contribution in [0, 0.1) is 0 Å². The second-order valence-corrected chi connectivity index (χ2v) is 19.2. The maximum absolute atomic E-state index is 13.6. The fourth-order valence-corrected chi connectivity index (χ4v) is 9.39. The third-order valence-electron chi connectivity index (χ3n) is 12.0. The summed E-state index contributed by atoms with van der Waals surface area (Å²) in [6.07, 6.45) is 52.9. The molecular formula is C52H102O4S. The summed E-state index contributed by atoms with van der Waals surface area (Å²) < 4.78 is 11.9. The van der Waals surface area contributed by atoms with Gasteiger partial charge >= 0.3 is 11.9 Å². The van der Waals surface area contributed by atoms with Gasteiger partial charge in [-0.15, -0.1) is 11.8 Å². The fourth-order valence-electron chi connectivity index (χ4n) is 8.03. The minimum Gasteiger partial charge on any atom is -0.465 e. The van der Waals surface area contributed by atoms with Crippen molar-refractivity contribution in [2.45, 2.75) is 308 Å². The summed E-state index contributed by atoms with van der Waals surface area (Å²) in [5.41, 5.74) is 0. The van der Waals surface area contributed by atoms with Crippen molar-refractivity contribution >= 4 is 23.7 Å². The third-order valence-corrected chi connectivity index (χ3v) is 13.5. The molecule has 0 bridgehead atoms. The monoisotopic (exact) mass is 823 g/mol. The summed E-state index contributed by atoms with van der Waals surface area (Å²) in [6.45, 7) is 10.1. The van der Waals surface area contributed by atoms with Crippen LogP contribution in [0.2, 0.25) is 0 Å². The van der Waals surface area contributed by atoms with E-state index in [1.54, 1.807) is 11.8 Å². The first-order valence-electron chi connectivity index (χ1n) is 26.1. The van der Waals surface area contributed by atoms with Gasteiger partial charge < -0.3 is 9.47 Å². The van der Waals surface area contributed by atoms with Crippen molar-refractivity contribution in [2.24, 2.45) is 0 Å². The molecule has 0 radical (unpaired) electrons. The number of unbranched alkanes of at least 4 members (excludes halogenated alkanes) is 36. The second-order valence-electron chi connectivity index (χ2n) is 17.8. The quantitative estimate of drug-likeness (QED) is 0.0452. The van der Waals surface area contributed by atoms with Crippen molar-refractivity contribution in [3.05, 3.63) is 0 Å². The maximum Gasteiger partial charge on any atom is 0.319 e. The maximum atomic E-state index is 13.6. The topological polar surface area (TPSA) is 52.6 Å². The summed E-state index contributed by atoms with van der Waals surface area (Å²) in [5, 5.41) is -0.553. The number of rotatable bonds is 48. The molecule has 340 valence electrons. The van der Waals surface area contributed by atoms with Crippen LogP contribution in [0.1, 0.15) is 297 Å². The highest BCUT2D eigenvalue weighted by Gasteiger charge is 2.29. The van der Waals surface area contributed by atoms with Crippen LogP contribution in [0.25, 0.3) is 0 Å². The van der Waals surface area contributed by atoms with Crippen LogP contribution < -0.4 is 0 Å². The van der Waals surface area contributed by atoms with Gasteiger partial charge in [0.1, 0.15) is 10.5 Å². The lowest BCUT2D eigenvalue weighted by molar-refractivity contribution is -0.143. The Kier molecular flexibility index (Phi) is 47.4. The number of esters is 2. The summed E-state index contributed by atoms with van der Waals surface area (Å²) in [6, 6.07) is 0. The molecule has 5 heteroatoms. The van der Waals surface area contributed by atoms with E-state index in [0.29, 0.717) is 13.2 Å². The van der Waals surface area contributed by atoms with Crippen molar-refractivity contribution in [3.8, 4) is 0 Å². The number of hydrogen-bond acceptors (Lipinski definition) is 5. The molecule has 0 aliphatic heterocycles. The van der Waals surface area contributed by atoms with Gasteiger partial charge in [0.05, 0.1) is 13.2 Å². The summed E-state index contributed by atoms with van der Waals surface area (Å²) in [4.78, 5) is 27.1. The second kappa shape index (κ2) is 48.0. The molecule has 57 heavy (non-hydrogen) atoms. The van der Waals surface area contributed by atoms with Crippen LogP contribution in [0.3, 0.4) is 0 Å². The molecule has 0 saturated heterocycles. The SMILES string of the molecule is CCCCCCCCCCCCCCCCOC(=O)C(CCCCCCCC)SC(CCCCCCCC)C(=O)OCCCCCCCCCCCCCCCC. The molecule has 0 aromatic heterocycles. The Labute approximate surface area is 362 Å². The normalized spacial score (nSPS) is 12.6. The molecule has 0 rings (SSSR count). The molecule has 0 amide bonds. The Morgan fingerprint density at radius 3 is 0.719 bits per heavy atom. The Bertz CT molecular complexity index is 739. The first-order chi connectivity index (χ1) is 28.1. The van der Waals surface area contributed by atoms with E-state index in [-0.39, 0.29) is 22.4 Å². The molecule has 0 saturated carbocycles. The summed E-state index contributed by atoms with van der Waals surface area (Å²) in [7, 11) is 0. The zero-order valence-electron chi connectivity index (χ0n) is 39.3. The van der Waals surface area contributed by atoms with Gasteiger partial charge in [0, 0.05) is 0 Å². The predicted octanol–water partition coefficient (Wildman–Crippen LogP) is 18.0. The lowest BCUT2D eigenvalue weighted by Crippen LogP contribution is -2.29. The number of carbonyl (C=O) groups excluding carboxylic acids is 2. The van der Waals surface area contributed by atoms with Crippen molar-refractivity contribution in [2.75, 3.05) is 13.2 Å². The van der Waals surface area contributed by atoms with E-state index in [2.05, 4.69) is 27.7 Å². The van der Waals surface area contributed by atoms with E-state index < -0.39 is 0 Å². The molecule has 0 aromatic rings. The number of thioether (sulfide) groups is 1. The average Bonchev–Trinajstić information content (AvgIpc) is 3.21. The van der Waals surface area contributed by atoms with Gasteiger partial charge in [-0.1, -0.05) is 272 Å². The van der Waals surface area contributed by atoms with Crippen LogP contribution in [0.4, 0.5) is 0 Å². The van der Waals surface area contributed by atoms with E-state index >= 15 is 0 Å². The summed E-state index contributed by atoms with van der Waals surface area (Å²) in [5.74, 6) is -0.202. The Hall–Kier alpha value is -0.710. The Morgan fingerprint density at radius 2 is 0.491 bits per heavy atom. The predicted molar refractivity (Wildman–Crippen MR) is 254 cm³/mol. The van der Waals surface area contributed by atoms with Crippen LogP contribution in [-0.4, -0.2) is 35.7 Å². The Morgan fingerprint density at radius 1 is 0.298 bits per heavy atom. The molecule has 4 nitrogen and oxygen atoms in total. The van der Waals surface area contributed by atoms with Gasteiger partial charge in [-0.25, -0.2) is 0 Å². The van der Waals surface area contributed by atoms with Crippen molar-refractivity contribution in [1.82, 2.24) is 0 Å². The highest BCUT2D eigenvalue weighted by atomic mass is 32.2. The van der Waals surface area contributed by atoms with Gasteiger partial charge in [-0.2, -0.15) is 0 Å². The minimum atomic E-state index is -0.276. The zero-order chi connectivity index (χ0) is 41.5. The van der Waals surface area contributed by atoms with Gasteiger partial charge in [0.25, 0.3) is 0 Å². The molecule has 0 aliphatic rings. The highest BCUT2D eigenvalue weighted by Crippen LogP contribution is 2.29. The molecule has 0 N–H and O–H groups in total. The van der Waals surface area contributed by atoms with E-state index in [0.717, 1.165) is 64.2 Å². The smallest absolute Gasteiger partial charge is 0.319 e.